The molecule has 1 fully saturated rings. The van der Waals surface area contributed by atoms with Crippen LogP contribution in [0.4, 0.5) is 14.9 Å². The molecule has 0 radical (unpaired) electrons. The summed E-state index contributed by atoms with van der Waals surface area (Å²) < 4.78 is 26.4. The molecule has 1 aromatic carbocycles. The van der Waals surface area contributed by atoms with Crippen molar-refractivity contribution in [3.05, 3.63) is 48.2 Å². The van der Waals surface area contributed by atoms with Gasteiger partial charge in [-0.3, -0.25) is 4.90 Å². The monoisotopic (exact) mass is 359 g/mol. The molecule has 1 N–H and O–H groups in total. The number of anilines is 1. The van der Waals surface area contributed by atoms with Crippen LogP contribution in [0.1, 0.15) is 5.69 Å². The first-order valence-electron chi connectivity index (χ1n) is 7.82. The van der Waals surface area contributed by atoms with Crippen LogP contribution in [0.5, 0.6) is 0 Å². The predicted octanol–water partition coefficient (Wildman–Crippen LogP) is 1.59. The maximum atomic E-state index is 14.5. The minimum Gasteiger partial charge on any atom is -0.442 e. The maximum absolute atomic E-state index is 14.5. The number of rotatable bonds is 5. The van der Waals surface area contributed by atoms with Crippen molar-refractivity contribution in [1.82, 2.24) is 20.2 Å². The number of cyclic esters (lactones) is 1. The lowest BCUT2D eigenvalue weighted by atomic mass is 10.1. The average Bonchev–Trinajstić information content (AvgIpc) is 3.36. The summed E-state index contributed by atoms with van der Waals surface area (Å²) in [6, 6.07) is 5.77. The van der Waals surface area contributed by atoms with Crippen molar-refractivity contribution in [2.45, 2.75) is 19.3 Å². The van der Waals surface area contributed by atoms with Crippen LogP contribution in [-0.4, -0.2) is 44.0 Å². The molecule has 10 heteroatoms. The summed E-state index contributed by atoms with van der Waals surface area (Å²) >= 11 is 0. The Hall–Kier alpha value is -3.27. The number of carbonyl (C=O) groups excluding carboxylic acids is 1. The van der Waals surface area contributed by atoms with Gasteiger partial charge in [0.15, 0.2) is 5.76 Å². The van der Waals surface area contributed by atoms with Gasteiger partial charge in [0.1, 0.15) is 17.6 Å². The summed E-state index contributed by atoms with van der Waals surface area (Å²) in [5.74, 6) is -0.373. The summed E-state index contributed by atoms with van der Waals surface area (Å²) in [7, 11) is 0. The van der Waals surface area contributed by atoms with E-state index in [2.05, 4.69) is 15.5 Å². The zero-order valence-corrected chi connectivity index (χ0v) is 13.4. The molecule has 1 aliphatic heterocycles. The molecule has 1 unspecified atom stereocenters. The molecule has 9 nitrogen and oxygen atoms in total. The van der Waals surface area contributed by atoms with E-state index in [-0.39, 0.29) is 24.5 Å². The number of amides is 1. The fourth-order valence-electron chi connectivity index (χ4n) is 2.75. The molecule has 2 aromatic heterocycles. The lowest BCUT2D eigenvalue weighted by molar-refractivity contribution is 0.129. The number of hydrogen-bond donors (Lipinski definition) is 1. The van der Waals surface area contributed by atoms with Crippen molar-refractivity contribution in [3.63, 3.8) is 0 Å². The van der Waals surface area contributed by atoms with Crippen LogP contribution in [0, 0.1) is 5.82 Å². The zero-order chi connectivity index (χ0) is 18.1. The lowest BCUT2D eigenvalue weighted by Gasteiger charge is -2.13. The molecular weight excluding hydrogens is 345 g/mol. The molecule has 26 heavy (non-hydrogen) atoms. The molecule has 1 aliphatic rings. The van der Waals surface area contributed by atoms with E-state index in [0.717, 1.165) is 0 Å². The Morgan fingerprint density at radius 2 is 2.23 bits per heavy atom. The van der Waals surface area contributed by atoms with Crippen LogP contribution >= 0.6 is 0 Å². The molecule has 0 bridgehead atoms. The van der Waals surface area contributed by atoms with E-state index in [4.69, 9.17) is 14.4 Å². The third kappa shape index (κ3) is 3.02. The highest BCUT2D eigenvalue weighted by Gasteiger charge is 2.33. The van der Waals surface area contributed by atoms with Gasteiger partial charge in [0, 0.05) is 12.3 Å². The third-order valence-electron chi connectivity index (χ3n) is 3.99. The quantitative estimate of drug-likeness (QED) is 0.737. The molecule has 3 heterocycles. The first-order chi connectivity index (χ1) is 12.6. The van der Waals surface area contributed by atoms with Crippen molar-refractivity contribution in [2.75, 3.05) is 11.4 Å². The smallest absolute Gasteiger partial charge is 0.414 e. The van der Waals surface area contributed by atoms with Gasteiger partial charge in [-0.1, -0.05) is 10.4 Å². The van der Waals surface area contributed by atoms with Crippen molar-refractivity contribution in [3.8, 4) is 11.3 Å². The number of carbonyl (C=O) groups is 1. The van der Waals surface area contributed by atoms with Gasteiger partial charge in [0.2, 0.25) is 0 Å². The molecular formula is C16H14FN5O4. The summed E-state index contributed by atoms with van der Waals surface area (Å²) in [5, 5.41) is 20.2. The molecule has 3 aromatic rings. The van der Waals surface area contributed by atoms with Crippen LogP contribution < -0.4 is 4.90 Å². The number of aliphatic hydroxyl groups excluding tert-OH is 1. The first-order valence-corrected chi connectivity index (χ1v) is 7.82. The topological polar surface area (TPSA) is 107 Å². The number of ether oxygens (including phenoxy) is 1. The van der Waals surface area contributed by atoms with E-state index >= 15 is 0 Å². The number of halogens is 1. The predicted molar refractivity (Wildman–Crippen MR) is 85.5 cm³/mol. The number of nitrogens with zero attached hydrogens (tertiary/aromatic N) is 5. The molecule has 0 saturated carbocycles. The Morgan fingerprint density at radius 1 is 1.35 bits per heavy atom. The fourth-order valence-corrected chi connectivity index (χ4v) is 2.75. The molecule has 1 saturated heterocycles. The molecule has 1 amide bonds. The van der Waals surface area contributed by atoms with Crippen molar-refractivity contribution < 1.29 is 23.6 Å². The number of hydrogen-bond acceptors (Lipinski definition) is 7. The summed E-state index contributed by atoms with van der Waals surface area (Å²) in [4.78, 5) is 13.5. The van der Waals surface area contributed by atoms with Gasteiger partial charge in [-0.05, 0) is 18.2 Å². The van der Waals surface area contributed by atoms with Gasteiger partial charge in [-0.2, -0.15) is 0 Å². The average molecular weight is 359 g/mol. The lowest BCUT2D eigenvalue weighted by Crippen LogP contribution is -2.26. The fraction of sp³-hybridized carbons (Fsp3) is 0.250. The van der Waals surface area contributed by atoms with Crippen LogP contribution in [0.15, 0.2) is 41.2 Å². The minimum atomic E-state index is -0.573. The summed E-state index contributed by atoms with van der Waals surface area (Å²) in [6.45, 7) is 0.342. The molecule has 1 atom stereocenters. The highest BCUT2D eigenvalue weighted by molar-refractivity contribution is 5.90. The SMILES string of the molecule is O=C1OC(Cn2ccnn2)CN1c1ccc(-c2cc(CO)no2)c(F)c1. The van der Waals surface area contributed by atoms with Gasteiger partial charge >= 0.3 is 6.09 Å². The number of aromatic nitrogens is 4. The maximum Gasteiger partial charge on any atom is 0.414 e. The van der Waals surface area contributed by atoms with Crippen LogP contribution in [0.3, 0.4) is 0 Å². The van der Waals surface area contributed by atoms with Crippen molar-refractivity contribution in [1.29, 1.82) is 0 Å². The Bertz CT molecular complexity index is 927. The number of aliphatic hydroxyl groups is 1. The van der Waals surface area contributed by atoms with Crippen LogP contribution in [0.25, 0.3) is 11.3 Å². The Balaban J connectivity index is 1.52. The standard InChI is InChI=1S/C16H14FN5O4/c17-14-6-11(1-2-13(14)15-5-10(9-23)19-26-15)22-8-12(25-16(22)24)7-21-4-3-18-20-21/h1-6,12,23H,7-9H2. The van der Waals surface area contributed by atoms with Gasteiger partial charge in [-0.15, -0.1) is 5.10 Å². The van der Waals surface area contributed by atoms with Gasteiger partial charge < -0.3 is 14.4 Å². The van der Waals surface area contributed by atoms with Crippen molar-refractivity contribution >= 4 is 11.8 Å². The normalized spacial score (nSPS) is 16.9. The zero-order valence-electron chi connectivity index (χ0n) is 13.4. The largest absolute Gasteiger partial charge is 0.442 e. The molecule has 0 spiro atoms. The van der Waals surface area contributed by atoms with E-state index in [0.29, 0.717) is 17.9 Å². The van der Waals surface area contributed by atoms with Crippen LogP contribution in [0.2, 0.25) is 0 Å². The second-order valence-corrected chi connectivity index (χ2v) is 5.75. The van der Waals surface area contributed by atoms with Crippen LogP contribution in [-0.2, 0) is 17.9 Å². The molecule has 0 aliphatic carbocycles. The molecule has 134 valence electrons. The van der Waals surface area contributed by atoms with E-state index in [1.165, 1.54) is 29.3 Å². The van der Waals surface area contributed by atoms with E-state index in [9.17, 15) is 9.18 Å². The van der Waals surface area contributed by atoms with Crippen molar-refractivity contribution in [2.24, 2.45) is 0 Å². The highest BCUT2D eigenvalue weighted by atomic mass is 19.1. The minimum absolute atomic E-state index is 0.188. The Labute approximate surface area is 146 Å². The second kappa shape index (κ2) is 6.56. The van der Waals surface area contributed by atoms with E-state index in [1.54, 1.807) is 16.9 Å². The van der Waals surface area contributed by atoms with Gasteiger partial charge in [0.25, 0.3) is 0 Å². The Kier molecular flexibility index (Phi) is 4.09. The van der Waals surface area contributed by atoms with Gasteiger partial charge in [-0.25, -0.2) is 13.9 Å². The first kappa shape index (κ1) is 16.2. The Morgan fingerprint density at radius 3 is 2.92 bits per heavy atom. The van der Waals surface area contributed by atoms with E-state index in [1.807, 2.05) is 0 Å². The summed E-state index contributed by atoms with van der Waals surface area (Å²) in [5.41, 5.74) is 0.870. The second-order valence-electron chi connectivity index (χ2n) is 5.75. The summed E-state index contributed by atoms with van der Waals surface area (Å²) in [6.07, 6.45) is 2.25. The third-order valence-corrected chi connectivity index (χ3v) is 3.99. The van der Waals surface area contributed by atoms with Gasteiger partial charge in [0.05, 0.1) is 37.1 Å². The number of benzene rings is 1. The highest BCUT2D eigenvalue weighted by Crippen LogP contribution is 2.29. The molecule has 4 rings (SSSR count). The van der Waals surface area contributed by atoms with E-state index < -0.39 is 18.0 Å².